The van der Waals surface area contributed by atoms with Crippen LogP contribution in [0.2, 0.25) is 0 Å². The Kier molecular flexibility index (Phi) is 5.18. The van der Waals surface area contributed by atoms with Crippen LogP contribution in [0.3, 0.4) is 0 Å². The van der Waals surface area contributed by atoms with Gasteiger partial charge in [-0.05, 0) is 42.9 Å². The molecule has 5 heteroatoms. The van der Waals surface area contributed by atoms with Crippen LogP contribution in [-0.2, 0) is 14.3 Å². The van der Waals surface area contributed by atoms with Gasteiger partial charge in [-0.1, -0.05) is 26.7 Å². The molecule has 1 saturated heterocycles. The van der Waals surface area contributed by atoms with Crippen LogP contribution >= 0.6 is 23.5 Å². The summed E-state index contributed by atoms with van der Waals surface area (Å²) in [6.45, 7) is 6.18. The van der Waals surface area contributed by atoms with E-state index in [1.54, 1.807) is 6.92 Å². The van der Waals surface area contributed by atoms with Crippen molar-refractivity contribution in [3.63, 3.8) is 0 Å². The smallest absolute Gasteiger partial charge is 0.302 e. The van der Waals surface area contributed by atoms with Crippen LogP contribution in [0.25, 0.3) is 0 Å². The van der Waals surface area contributed by atoms with Crippen LogP contribution in [0.15, 0.2) is 0 Å². The highest BCUT2D eigenvalue weighted by Crippen LogP contribution is 2.63. The number of Topliss-reactive ketones (excluding diaryl/α,β-unsaturated/α-hetero) is 1. The normalized spacial score (nSPS) is 46.5. The average Bonchev–Trinajstić information content (AvgIpc) is 3.12. The molecule has 3 nitrogen and oxygen atoms in total. The third-order valence-corrected chi connectivity index (χ3v) is 11.6. The van der Waals surface area contributed by atoms with Crippen LogP contribution in [0.5, 0.6) is 0 Å². The van der Waals surface area contributed by atoms with Crippen molar-refractivity contribution in [1.29, 1.82) is 0 Å². The molecule has 4 aliphatic rings. The molecule has 146 valence electrons. The molecule has 0 N–H and O–H groups in total. The number of rotatable bonds is 2. The summed E-state index contributed by atoms with van der Waals surface area (Å²) in [4.78, 5) is 25.2. The lowest BCUT2D eigenvalue weighted by atomic mass is 9.47. The van der Waals surface area contributed by atoms with Gasteiger partial charge in [0.25, 0.3) is 0 Å². The Morgan fingerprint density at radius 2 is 1.92 bits per heavy atom. The molecule has 0 radical (unpaired) electrons. The average molecular weight is 397 g/mol. The van der Waals surface area contributed by atoms with E-state index in [4.69, 9.17) is 4.74 Å². The van der Waals surface area contributed by atoms with Gasteiger partial charge in [-0.25, -0.2) is 0 Å². The second kappa shape index (κ2) is 7.02. The number of carbonyl (C=O) groups is 2. The van der Waals surface area contributed by atoms with Crippen molar-refractivity contribution in [1.82, 2.24) is 0 Å². The zero-order valence-corrected chi connectivity index (χ0v) is 17.9. The fourth-order valence-electron chi connectivity index (χ4n) is 6.51. The van der Waals surface area contributed by atoms with Gasteiger partial charge in [-0.3, -0.25) is 9.59 Å². The van der Waals surface area contributed by atoms with E-state index in [1.807, 2.05) is 23.5 Å². The van der Waals surface area contributed by atoms with Crippen molar-refractivity contribution in [2.45, 2.75) is 76.4 Å². The van der Waals surface area contributed by atoms with Gasteiger partial charge in [0.05, 0.1) is 4.58 Å². The molecule has 0 bridgehead atoms. The van der Waals surface area contributed by atoms with Gasteiger partial charge in [-0.15, -0.1) is 23.5 Å². The van der Waals surface area contributed by atoms with Crippen molar-refractivity contribution in [2.24, 2.45) is 28.6 Å². The van der Waals surface area contributed by atoms with Gasteiger partial charge < -0.3 is 4.74 Å². The van der Waals surface area contributed by atoms with Gasteiger partial charge >= 0.3 is 5.97 Å². The Balaban J connectivity index is 1.66. The molecule has 0 aromatic carbocycles. The lowest BCUT2D eigenvalue weighted by Crippen LogP contribution is -2.58. The first-order chi connectivity index (χ1) is 12.3. The van der Waals surface area contributed by atoms with E-state index >= 15 is 0 Å². The van der Waals surface area contributed by atoms with Gasteiger partial charge in [0, 0.05) is 36.2 Å². The second-order valence-corrected chi connectivity index (χ2v) is 12.1. The van der Waals surface area contributed by atoms with Gasteiger partial charge in [0.2, 0.25) is 0 Å². The van der Waals surface area contributed by atoms with E-state index in [9.17, 15) is 9.59 Å². The van der Waals surface area contributed by atoms with Crippen LogP contribution in [0.4, 0.5) is 0 Å². The van der Waals surface area contributed by atoms with Gasteiger partial charge in [0.15, 0.2) is 0 Å². The highest BCUT2D eigenvalue weighted by molar-refractivity contribution is 8.20. The molecule has 26 heavy (non-hydrogen) atoms. The van der Waals surface area contributed by atoms with E-state index in [0.29, 0.717) is 34.5 Å². The number of ketones is 1. The summed E-state index contributed by atoms with van der Waals surface area (Å²) in [5.41, 5.74) is -0.00419. The van der Waals surface area contributed by atoms with Crippen molar-refractivity contribution < 1.29 is 14.3 Å². The molecule has 1 heterocycles. The maximum Gasteiger partial charge on any atom is 0.302 e. The number of fused-ring (bicyclic) bond motifs is 3. The number of ether oxygens (including phenoxy) is 1. The Morgan fingerprint density at radius 1 is 1.19 bits per heavy atom. The standard InChI is InChI=1S/C21H32O3S2/c1-13(22)24-17-10-14-6-4-5-7-20(14,2)16-11-18(23)21(3,12-15(16)17)19-25-8-9-26-19/h14-17,19H,4-12H2,1-3H3. The summed E-state index contributed by atoms with van der Waals surface area (Å²) in [5.74, 6) is 3.97. The highest BCUT2D eigenvalue weighted by atomic mass is 32.2. The first-order valence-electron chi connectivity index (χ1n) is 10.3. The van der Waals surface area contributed by atoms with Crippen molar-refractivity contribution in [2.75, 3.05) is 11.5 Å². The summed E-state index contributed by atoms with van der Waals surface area (Å²) in [7, 11) is 0. The zero-order chi connectivity index (χ0) is 18.5. The summed E-state index contributed by atoms with van der Waals surface area (Å²) in [5, 5.41) is 0. The minimum absolute atomic E-state index is 0.0116. The molecule has 0 amide bonds. The molecule has 0 spiro atoms. The molecule has 6 atom stereocenters. The number of hydrogen-bond donors (Lipinski definition) is 0. The molecular weight excluding hydrogens is 364 g/mol. The third kappa shape index (κ3) is 3.05. The van der Waals surface area contributed by atoms with Crippen molar-refractivity contribution in [3.8, 4) is 0 Å². The summed E-state index contributed by atoms with van der Waals surface area (Å²) >= 11 is 3.92. The van der Waals surface area contributed by atoms with Crippen LogP contribution in [-0.4, -0.2) is 33.9 Å². The molecular formula is C21H32O3S2. The highest BCUT2D eigenvalue weighted by Gasteiger charge is 2.60. The lowest BCUT2D eigenvalue weighted by molar-refractivity contribution is -0.177. The third-order valence-electron chi connectivity index (χ3n) is 7.97. The minimum atomic E-state index is -0.261. The number of esters is 1. The summed E-state index contributed by atoms with van der Waals surface area (Å²) in [6, 6.07) is 0. The first kappa shape index (κ1) is 19.2. The van der Waals surface area contributed by atoms with E-state index in [1.165, 1.54) is 25.7 Å². The van der Waals surface area contributed by atoms with Crippen LogP contribution in [0.1, 0.15) is 65.7 Å². The largest absolute Gasteiger partial charge is 0.462 e. The molecule has 3 saturated carbocycles. The Hall–Kier alpha value is -0.160. The fourth-order valence-corrected chi connectivity index (χ4v) is 9.86. The first-order valence-corrected chi connectivity index (χ1v) is 12.4. The number of hydrogen-bond acceptors (Lipinski definition) is 5. The van der Waals surface area contributed by atoms with Crippen molar-refractivity contribution >= 4 is 35.3 Å². The van der Waals surface area contributed by atoms with Crippen molar-refractivity contribution in [3.05, 3.63) is 0 Å². The maximum absolute atomic E-state index is 13.4. The predicted octanol–water partition coefficient (Wildman–Crippen LogP) is 4.93. The minimum Gasteiger partial charge on any atom is -0.462 e. The molecule has 0 aromatic rings. The number of thioether (sulfide) groups is 2. The molecule has 4 fully saturated rings. The molecule has 0 aromatic heterocycles. The topological polar surface area (TPSA) is 43.4 Å². The van der Waals surface area contributed by atoms with Crippen LogP contribution in [0, 0.1) is 28.6 Å². The monoisotopic (exact) mass is 396 g/mol. The molecule has 3 aliphatic carbocycles. The van der Waals surface area contributed by atoms with E-state index in [2.05, 4.69) is 13.8 Å². The van der Waals surface area contributed by atoms with Gasteiger partial charge in [-0.2, -0.15) is 0 Å². The predicted molar refractivity (Wildman–Crippen MR) is 108 cm³/mol. The molecule has 1 aliphatic heterocycles. The summed E-state index contributed by atoms with van der Waals surface area (Å²) < 4.78 is 6.26. The quantitative estimate of drug-likeness (QED) is 0.620. The van der Waals surface area contributed by atoms with E-state index in [0.717, 1.165) is 24.3 Å². The van der Waals surface area contributed by atoms with Crippen LogP contribution < -0.4 is 0 Å². The fraction of sp³-hybridized carbons (Fsp3) is 0.905. The van der Waals surface area contributed by atoms with E-state index < -0.39 is 0 Å². The Labute approximate surface area is 166 Å². The second-order valence-electron chi connectivity index (χ2n) is 9.42. The SMILES string of the molecule is CC(=O)OC1CC2CCCCC2(C)C2CC(=O)C(C)(C3SCCS3)CC12. The number of carbonyl (C=O) groups excluding carboxylic acids is 2. The Morgan fingerprint density at radius 3 is 2.62 bits per heavy atom. The molecule has 6 unspecified atom stereocenters. The Bertz CT molecular complexity index is 588. The molecule has 4 rings (SSSR count). The van der Waals surface area contributed by atoms with E-state index in [-0.39, 0.29) is 22.9 Å². The lowest BCUT2D eigenvalue weighted by Gasteiger charge is -2.59. The van der Waals surface area contributed by atoms with Gasteiger partial charge in [0.1, 0.15) is 11.9 Å². The summed E-state index contributed by atoms with van der Waals surface area (Å²) in [6.07, 6.45) is 7.66. The zero-order valence-electron chi connectivity index (χ0n) is 16.3. The maximum atomic E-state index is 13.4.